The number of hydrogen-bond acceptors (Lipinski definition) is 6. The zero-order chi connectivity index (χ0) is 19.2. The van der Waals surface area contributed by atoms with E-state index in [2.05, 4.69) is 0 Å². The molecule has 0 fully saturated rings. The lowest BCUT2D eigenvalue weighted by Gasteiger charge is -2.20. The lowest BCUT2D eigenvalue weighted by molar-refractivity contribution is -0.112. The summed E-state index contributed by atoms with van der Waals surface area (Å²) in [6, 6.07) is 3.84. The molecule has 1 aliphatic carbocycles. The number of fused-ring (bicyclic) bond motifs is 3. The SMILES string of the molecule is COc1cc2c3c(cc(O)c2cc1O)C(=O)C(=O)C(CC=C(C)C)=C3O. The Morgan fingerprint density at radius 3 is 2.31 bits per heavy atom. The number of allylic oxidation sites excluding steroid dienone is 3. The molecule has 2 aromatic rings. The molecule has 0 spiro atoms. The fourth-order valence-corrected chi connectivity index (χ4v) is 3.03. The number of methoxy groups -OCH3 is 1. The minimum atomic E-state index is -0.794. The summed E-state index contributed by atoms with van der Waals surface area (Å²) in [5, 5.41) is 31.5. The van der Waals surface area contributed by atoms with Crippen LogP contribution in [0.2, 0.25) is 0 Å². The van der Waals surface area contributed by atoms with Gasteiger partial charge in [-0.05, 0) is 38.5 Å². The third-order valence-electron chi connectivity index (χ3n) is 4.38. The standard InChI is InChI=1S/C20H18O6/c1-9(2)4-5-10-18(23)17-12-8-16(26-3)15(22)6-11(12)14(21)7-13(17)20(25)19(10)24/h4,6-8,21-23H,5H2,1-3H3. The van der Waals surface area contributed by atoms with Crippen LogP contribution < -0.4 is 4.74 Å². The van der Waals surface area contributed by atoms with E-state index in [0.717, 1.165) is 11.6 Å². The largest absolute Gasteiger partial charge is 0.507 e. The van der Waals surface area contributed by atoms with Gasteiger partial charge < -0.3 is 20.1 Å². The number of Topliss-reactive ketones (excluding diaryl/α,β-unsaturated/α-hetero) is 2. The van der Waals surface area contributed by atoms with Gasteiger partial charge in [-0.1, -0.05) is 11.6 Å². The highest BCUT2D eigenvalue weighted by atomic mass is 16.5. The molecule has 26 heavy (non-hydrogen) atoms. The maximum absolute atomic E-state index is 12.5. The second-order valence-electron chi connectivity index (χ2n) is 6.36. The van der Waals surface area contributed by atoms with E-state index in [-0.39, 0.29) is 51.5 Å². The van der Waals surface area contributed by atoms with E-state index in [0.29, 0.717) is 5.39 Å². The lowest BCUT2D eigenvalue weighted by atomic mass is 9.83. The summed E-state index contributed by atoms with van der Waals surface area (Å²) in [4.78, 5) is 24.9. The number of carbonyl (C=O) groups is 2. The van der Waals surface area contributed by atoms with Crippen LogP contribution in [-0.4, -0.2) is 34.0 Å². The van der Waals surface area contributed by atoms with E-state index >= 15 is 0 Å². The Balaban J connectivity index is 2.40. The highest BCUT2D eigenvalue weighted by molar-refractivity contribution is 6.52. The highest BCUT2D eigenvalue weighted by Gasteiger charge is 2.34. The van der Waals surface area contributed by atoms with Crippen molar-refractivity contribution in [2.24, 2.45) is 0 Å². The molecule has 6 nitrogen and oxygen atoms in total. The number of aliphatic hydroxyl groups excluding tert-OH is 1. The summed E-state index contributed by atoms with van der Waals surface area (Å²) in [5.41, 5.74) is 1.02. The van der Waals surface area contributed by atoms with E-state index in [9.17, 15) is 24.9 Å². The number of rotatable bonds is 3. The predicted octanol–water partition coefficient (Wildman–Crippen LogP) is 3.65. The number of benzene rings is 2. The molecular formula is C20H18O6. The molecule has 0 saturated carbocycles. The number of aliphatic hydroxyl groups is 1. The summed E-state index contributed by atoms with van der Waals surface area (Å²) < 4.78 is 5.08. The first-order valence-electron chi connectivity index (χ1n) is 7.97. The molecule has 3 rings (SSSR count). The fourth-order valence-electron chi connectivity index (χ4n) is 3.03. The molecule has 0 saturated heterocycles. The highest BCUT2D eigenvalue weighted by Crippen LogP contribution is 2.43. The summed E-state index contributed by atoms with van der Waals surface area (Å²) in [6.45, 7) is 3.70. The van der Waals surface area contributed by atoms with Crippen molar-refractivity contribution in [3.8, 4) is 17.2 Å². The Labute approximate surface area is 149 Å². The number of carbonyl (C=O) groups excluding carboxylic acids is 2. The maximum Gasteiger partial charge on any atom is 0.234 e. The van der Waals surface area contributed by atoms with Gasteiger partial charge in [0.05, 0.1) is 7.11 Å². The van der Waals surface area contributed by atoms with Gasteiger partial charge >= 0.3 is 0 Å². The Kier molecular flexibility index (Phi) is 4.20. The molecule has 0 radical (unpaired) electrons. The van der Waals surface area contributed by atoms with Crippen LogP contribution >= 0.6 is 0 Å². The van der Waals surface area contributed by atoms with Gasteiger partial charge in [0.25, 0.3) is 0 Å². The van der Waals surface area contributed by atoms with Crippen molar-refractivity contribution in [1.29, 1.82) is 0 Å². The van der Waals surface area contributed by atoms with Gasteiger partial charge in [0.2, 0.25) is 11.6 Å². The lowest BCUT2D eigenvalue weighted by Crippen LogP contribution is -2.24. The second-order valence-corrected chi connectivity index (χ2v) is 6.36. The van der Waals surface area contributed by atoms with E-state index in [1.165, 1.54) is 19.2 Å². The molecule has 0 bridgehead atoms. The number of ketones is 2. The topological polar surface area (TPSA) is 104 Å². The average Bonchev–Trinajstić information content (AvgIpc) is 2.59. The Morgan fingerprint density at radius 2 is 1.69 bits per heavy atom. The molecule has 0 unspecified atom stereocenters. The van der Waals surface area contributed by atoms with E-state index in [1.54, 1.807) is 6.08 Å². The summed E-state index contributed by atoms with van der Waals surface area (Å²) in [5.74, 6) is -2.25. The van der Waals surface area contributed by atoms with Gasteiger partial charge in [-0.15, -0.1) is 0 Å². The monoisotopic (exact) mass is 354 g/mol. The van der Waals surface area contributed by atoms with Crippen LogP contribution in [0.4, 0.5) is 0 Å². The predicted molar refractivity (Wildman–Crippen MR) is 96.8 cm³/mol. The molecule has 0 amide bonds. The number of phenols is 2. The number of ether oxygens (including phenoxy) is 1. The zero-order valence-corrected chi connectivity index (χ0v) is 14.6. The van der Waals surface area contributed by atoms with Crippen LogP contribution in [0.3, 0.4) is 0 Å². The number of phenolic OH excluding ortho intramolecular Hbond substituents is 2. The van der Waals surface area contributed by atoms with Crippen molar-refractivity contribution >= 4 is 28.1 Å². The molecular weight excluding hydrogens is 336 g/mol. The van der Waals surface area contributed by atoms with Crippen LogP contribution in [0.5, 0.6) is 17.2 Å². The van der Waals surface area contributed by atoms with Gasteiger partial charge in [-0.2, -0.15) is 0 Å². The molecule has 2 aromatic carbocycles. The Bertz CT molecular complexity index is 1020. The minimum Gasteiger partial charge on any atom is -0.507 e. The molecule has 3 N–H and O–H groups in total. The van der Waals surface area contributed by atoms with Crippen LogP contribution in [0, 0.1) is 0 Å². The molecule has 0 aliphatic heterocycles. The quantitative estimate of drug-likeness (QED) is 0.574. The van der Waals surface area contributed by atoms with Gasteiger partial charge in [0.15, 0.2) is 11.5 Å². The number of aromatic hydroxyl groups is 2. The molecule has 0 atom stereocenters. The van der Waals surface area contributed by atoms with Crippen molar-refractivity contribution < 1.29 is 29.6 Å². The van der Waals surface area contributed by atoms with E-state index in [4.69, 9.17) is 4.74 Å². The minimum absolute atomic E-state index is 0.00253. The number of hydrogen-bond donors (Lipinski definition) is 3. The van der Waals surface area contributed by atoms with Crippen molar-refractivity contribution in [3.63, 3.8) is 0 Å². The molecule has 0 heterocycles. The molecule has 1 aliphatic rings. The van der Waals surface area contributed by atoms with E-state index in [1.807, 2.05) is 13.8 Å². The third kappa shape index (κ3) is 2.60. The van der Waals surface area contributed by atoms with Crippen LogP contribution in [0.1, 0.15) is 36.2 Å². The van der Waals surface area contributed by atoms with Crippen molar-refractivity contribution in [1.82, 2.24) is 0 Å². The van der Waals surface area contributed by atoms with Crippen molar-refractivity contribution in [2.45, 2.75) is 20.3 Å². The Hall–Kier alpha value is -3.28. The molecule has 0 aromatic heterocycles. The smallest absolute Gasteiger partial charge is 0.234 e. The van der Waals surface area contributed by atoms with Gasteiger partial charge in [0.1, 0.15) is 11.5 Å². The molecule has 6 heteroatoms. The first-order valence-corrected chi connectivity index (χ1v) is 7.97. The van der Waals surface area contributed by atoms with Gasteiger partial charge in [0, 0.05) is 27.5 Å². The fraction of sp³-hybridized carbons (Fsp3) is 0.200. The van der Waals surface area contributed by atoms with Crippen LogP contribution in [0.25, 0.3) is 16.5 Å². The van der Waals surface area contributed by atoms with Crippen molar-refractivity contribution in [3.05, 3.63) is 46.5 Å². The maximum atomic E-state index is 12.5. The van der Waals surface area contributed by atoms with Gasteiger partial charge in [-0.3, -0.25) is 9.59 Å². The normalized spacial score (nSPS) is 13.8. The van der Waals surface area contributed by atoms with E-state index < -0.39 is 11.6 Å². The summed E-state index contributed by atoms with van der Waals surface area (Å²) in [7, 11) is 1.36. The summed E-state index contributed by atoms with van der Waals surface area (Å²) >= 11 is 0. The third-order valence-corrected chi connectivity index (χ3v) is 4.38. The summed E-state index contributed by atoms with van der Waals surface area (Å²) in [6.07, 6.45) is 1.87. The van der Waals surface area contributed by atoms with Crippen LogP contribution in [0.15, 0.2) is 35.4 Å². The second kappa shape index (κ2) is 6.22. The van der Waals surface area contributed by atoms with Crippen molar-refractivity contribution in [2.75, 3.05) is 7.11 Å². The zero-order valence-electron chi connectivity index (χ0n) is 14.6. The first-order chi connectivity index (χ1) is 12.3. The average molecular weight is 354 g/mol. The van der Waals surface area contributed by atoms with Gasteiger partial charge in [-0.25, -0.2) is 0 Å². The Morgan fingerprint density at radius 1 is 1.00 bits per heavy atom. The first kappa shape index (κ1) is 17.5. The molecule has 134 valence electrons. The van der Waals surface area contributed by atoms with Crippen LogP contribution in [-0.2, 0) is 4.79 Å².